The van der Waals surface area contributed by atoms with Crippen LogP contribution in [0, 0.1) is 0 Å². The number of anilines is 1. The Balaban J connectivity index is 1.60. The van der Waals surface area contributed by atoms with Gasteiger partial charge in [-0.3, -0.25) is 0 Å². The molecule has 3 heteroatoms. The lowest BCUT2D eigenvalue weighted by Gasteiger charge is -2.32. The standard InChI is InChI=1S/C24H27N3/c25-24-11-6-10-22(27-24)20-14-12-19(13-15-20)21(23-9-4-5-16-26-23)17-18-7-2-1-3-8-18/h1-3,6-8,10-15,21,23,26H,4-5,9,16-17H2,(H2,25,27). The van der Waals surface area contributed by atoms with Crippen molar-refractivity contribution >= 4 is 5.82 Å². The number of nitrogens with zero attached hydrogens (tertiary/aromatic N) is 1. The van der Waals surface area contributed by atoms with Crippen LogP contribution in [-0.4, -0.2) is 17.6 Å². The van der Waals surface area contributed by atoms with Crippen molar-refractivity contribution in [1.29, 1.82) is 0 Å². The molecule has 0 saturated carbocycles. The molecule has 0 amide bonds. The molecule has 1 aliphatic rings. The summed E-state index contributed by atoms with van der Waals surface area (Å²) < 4.78 is 0. The van der Waals surface area contributed by atoms with E-state index in [1.165, 1.54) is 30.4 Å². The zero-order valence-electron chi connectivity index (χ0n) is 15.6. The second kappa shape index (κ2) is 8.36. The number of nitrogen functional groups attached to an aromatic ring is 1. The van der Waals surface area contributed by atoms with Gasteiger partial charge in [0, 0.05) is 17.5 Å². The second-order valence-corrected chi connectivity index (χ2v) is 7.42. The molecule has 0 aliphatic carbocycles. The largest absolute Gasteiger partial charge is 0.384 e. The number of nitrogens with one attached hydrogen (secondary N) is 1. The van der Waals surface area contributed by atoms with Crippen molar-refractivity contribution in [2.75, 3.05) is 12.3 Å². The van der Waals surface area contributed by atoms with E-state index in [2.05, 4.69) is 64.9 Å². The molecule has 138 valence electrons. The summed E-state index contributed by atoms with van der Waals surface area (Å²) in [7, 11) is 0. The molecular weight excluding hydrogens is 330 g/mol. The van der Waals surface area contributed by atoms with Gasteiger partial charge in [0.15, 0.2) is 0 Å². The Morgan fingerprint density at radius 3 is 2.44 bits per heavy atom. The SMILES string of the molecule is Nc1cccc(-c2ccc(C(Cc3ccccc3)C3CCCCN3)cc2)n1. The monoisotopic (exact) mass is 357 g/mol. The first-order valence-electron chi connectivity index (χ1n) is 9.90. The highest BCUT2D eigenvalue weighted by Gasteiger charge is 2.25. The molecule has 1 fully saturated rings. The number of aromatic nitrogens is 1. The maximum atomic E-state index is 5.84. The van der Waals surface area contributed by atoms with Crippen LogP contribution in [-0.2, 0) is 6.42 Å². The summed E-state index contributed by atoms with van der Waals surface area (Å²) in [5.41, 5.74) is 10.7. The minimum absolute atomic E-state index is 0.482. The van der Waals surface area contributed by atoms with Crippen molar-refractivity contribution in [2.45, 2.75) is 37.6 Å². The number of hydrogen-bond donors (Lipinski definition) is 2. The Bertz CT molecular complexity index is 852. The molecule has 3 aromatic rings. The quantitative estimate of drug-likeness (QED) is 0.690. The molecule has 3 nitrogen and oxygen atoms in total. The first-order valence-corrected chi connectivity index (χ1v) is 9.90. The van der Waals surface area contributed by atoms with E-state index in [0.717, 1.165) is 24.2 Å². The zero-order chi connectivity index (χ0) is 18.5. The normalized spacial score (nSPS) is 18.1. The summed E-state index contributed by atoms with van der Waals surface area (Å²) in [6.07, 6.45) is 4.91. The summed E-state index contributed by atoms with van der Waals surface area (Å²) in [5, 5.41) is 3.76. The molecule has 27 heavy (non-hydrogen) atoms. The fourth-order valence-corrected chi connectivity index (χ4v) is 4.10. The fourth-order valence-electron chi connectivity index (χ4n) is 4.10. The average Bonchev–Trinajstić information content (AvgIpc) is 2.74. The third kappa shape index (κ3) is 4.37. The summed E-state index contributed by atoms with van der Waals surface area (Å²) >= 11 is 0. The lowest BCUT2D eigenvalue weighted by Crippen LogP contribution is -2.39. The fraction of sp³-hybridized carbons (Fsp3) is 0.292. The van der Waals surface area contributed by atoms with Crippen LogP contribution in [0.15, 0.2) is 72.8 Å². The van der Waals surface area contributed by atoms with Gasteiger partial charge in [-0.05, 0) is 49.1 Å². The molecule has 0 bridgehead atoms. The predicted octanol–water partition coefficient (Wildman–Crippen LogP) is 4.80. The van der Waals surface area contributed by atoms with Gasteiger partial charge in [-0.1, -0.05) is 67.1 Å². The summed E-state index contributed by atoms with van der Waals surface area (Å²) in [4.78, 5) is 4.44. The van der Waals surface area contributed by atoms with E-state index in [-0.39, 0.29) is 0 Å². The molecule has 4 rings (SSSR count). The molecular formula is C24H27N3. The smallest absolute Gasteiger partial charge is 0.124 e. The zero-order valence-corrected chi connectivity index (χ0v) is 15.6. The van der Waals surface area contributed by atoms with E-state index in [0.29, 0.717) is 17.8 Å². The Morgan fingerprint density at radius 1 is 0.926 bits per heavy atom. The lowest BCUT2D eigenvalue weighted by molar-refractivity contribution is 0.348. The average molecular weight is 358 g/mol. The highest BCUT2D eigenvalue weighted by atomic mass is 14.9. The third-order valence-corrected chi connectivity index (χ3v) is 5.54. The van der Waals surface area contributed by atoms with Crippen LogP contribution < -0.4 is 11.1 Å². The third-order valence-electron chi connectivity index (χ3n) is 5.54. The molecule has 3 N–H and O–H groups in total. The van der Waals surface area contributed by atoms with Crippen LogP contribution in [0.3, 0.4) is 0 Å². The number of benzene rings is 2. The topological polar surface area (TPSA) is 50.9 Å². The van der Waals surface area contributed by atoms with Crippen LogP contribution in [0.5, 0.6) is 0 Å². The first kappa shape index (κ1) is 17.7. The Hall–Kier alpha value is -2.65. The van der Waals surface area contributed by atoms with E-state index in [9.17, 15) is 0 Å². The number of hydrogen-bond acceptors (Lipinski definition) is 3. The van der Waals surface area contributed by atoms with Crippen molar-refractivity contribution in [3.8, 4) is 11.3 Å². The Kier molecular flexibility index (Phi) is 5.50. The molecule has 2 heterocycles. The van der Waals surface area contributed by atoms with Gasteiger partial charge in [-0.25, -0.2) is 4.98 Å². The highest BCUT2D eigenvalue weighted by Crippen LogP contribution is 2.30. The van der Waals surface area contributed by atoms with Crippen molar-refractivity contribution in [3.05, 3.63) is 83.9 Å². The maximum Gasteiger partial charge on any atom is 0.124 e. The number of pyridine rings is 1. The lowest BCUT2D eigenvalue weighted by atomic mass is 9.82. The van der Waals surface area contributed by atoms with E-state index in [1.807, 2.05) is 18.2 Å². The first-order chi connectivity index (χ1) is 13.3. The second-order valence-electron chi connectivity index (χ2n) is 7.42. The van der Waals surface area contributed by atoms with Crippen LogP contribution >= 0.6 is 0 Å². The number of rotatable bonds is 5. The molecule has 1 aliphatic heterocycles. The van der Waals surface area contributed by atoms with E-state index >= 15 is 0 Å². The van der Waals surface area contributed by atoms with Gasteiger partial charge >= 0.3 is 0 Å². The van der Waals surface area contributed by atoms with Gasteiger partial charge in [-0.15, -0.1) is 0 Å². The van der Waals surface area contributed by atoms with Crippen molar-refractivity contribution in [3.63, 3.8) is 0 Å². The summed E-state index contributed by atoms with van der Waals surface area (Å²) in [6, 6.07) is 26.0. The molecule has 1 aromatic heterocycles. The van der Waals surface area contributed by atoms with Gasteiger partial charge in [0.25, 0.3) is 0 Å². The van der Waals surface area contributed by atoms with E-state index < -0.39 is 0 Å². The van der Waals surface area contributed by atoms with E-state index in [4.69, 9.17) is 5.73 Å². The van der Waals surface area contributed by atoms with Crippen LogP contribution in [0.2, 0.25) is 0 Å². The predicted molar refractivity (Wildman–Crippen MR) is 113 cm³/mol. The van der Waals surface area contributed by atoms with Crippen LogP contribution in [0.4, 0.5) is 5.82 Å². The summed E-state index contributed by atoms with van der Waals surface area (Å²) in [6.45, 7) is 1.13. The Labute approximate surface area is 161 Å². The van der Waals surface area contributed by atoms with Gasteiger partial charge in [-0.2, -0.15) is 0 Å². The minimum atomic E-state index is 0.482. The van der Waals surface area contributed by atoms with Gasteiger partial charge in [0.1, 0.15) is 5.82 Å². The molecule has 1 saturated heterocycles. The van der Waals surface area contributed by atoms with Crippen LogP contribution in [0.1, 0.15) is 36.3 Å². The molecule has 0 spiro atoms. The minimum Gasteiger partial charge on any atom is -0.384 e. The van der Waals surface area contributed by atoms with Crippen molar-refractivity contribution in [1.82, 2.24) is 10.3 Å². The molecule has 2 aromatic carbocycles. The number of nitrogens with two attached hydrogens (primary N) is 1. The van der Waals surface area contributed by atoms with E-state index in [1.54, 1.807) is 0 Å². The van der Waals surface area contributed by atoms with Crippen molar-refractivity contribution < 1.29 is 0 Å². The van der Waals surface area contributed by atoms with Gasteiger partial charge < -0.3 is 11.1 Å². The summed E-state index contributed by atoms with van der Waals surface area (Å²) in [5.74, 6) is 1.04. The van der Waals surface area contributed by atoms with Gasteiger partial charge in [0.05, 0.1) is 5.69 Å². The molecule has 2 atom stereocenters. The van der Waals surface area contributed by atoms with Crippen LogP contribution in [0.25, 0.3) is 11.3 Å². The number of piperidine rings is 1. The maximum absolute atomic E-state index is 5.84. The molecule has 0 radical (unpaired) electrons. The van der Waals surface area contributed by atoms with Gasteiger partial charge in [0.2, 0.25) is 0 Å². The van der Waals surface area contributed by atoms with Crippen molar-refractivity contribution in [2.24, 2.45) is 0 Å². The molecule has 2 unspecified atom stereocenters. The Morgan fingerprint density at radius 2 is 1.74 bits per heavy atom. The highest BCUT2D eigenvalue weighted by molar-refractivity contribution is 5.61.